The van der Waals surface area contributed by atoms with E-state index in [1.54, 1.807) is 0 Å². The Kier molecular flexibility index (Phi) is 7.42. The van der Waals surface area contributed by atoms with Crippen LogP contribution in [-0.4, -0.2) is 14.3 Å². The van der Waals surface area contributed by atoms with Gasteiger partial charge in [0.05, 0.1) is 0 Å². The monoisotopic (exact) mass is 212 g/mol. The highest BCUT2D eigenvalue weighted by atomic mass is 35.6. The fourth-order valence-corrected chi connectivity index (χ4v) is 0. The summed E-state index contributed by atoms with van der Waals surface area (Å²) in [4.78, 5) is 9.00. The SMILES string of the molecule is CC(=O)O.ClC(Cl)(Cl)Cl. The van der Waals surface area contributed by atoms with Gasteiger partial charge in [-0.05, 0) is 0 Å². The summed E-state index contributed by atoms with van der Waals surface area (Å²) < 4.78 is -1.61. The Morgan fingerprint density at radius 1 is 1.33 bits per heavy atom. The molecule has 0 aliphatic rings. The first-order valence-electron chi connectivity index (χ1n) is 1.68. The second-order valence-corrected chi connectivity index (χ2v) is 4.38. The molecule has 6 heteroatoms. The molecule has 0 aliphatic carbocycles. The third-order valence-corrected chi connectivity index (χ3v) is 0. The molecule has 0 radical (unpaired) electrons. The Hall–Kier alpha value is 0.630. The van der Waals surface area contributed by atoms with E-state index in [-0.39, 0.29) is 0 Å². The van der Waals surface area contributed by atoms with Crippen LogP contribution in [0.3, 0.4) is 0 Å². The number of alkyl halides is 4. The van der Waals surface area contributed by atoms with Crippen molar-refractivity contribution in [2.75, 3.05) is 0 Å². The Morgan fingerprint density at radius 3 is 1.33 bits per heavy atom. The number of carboxylic acids is 1. The van der Waals surface area contributed by atoms with E-state index in [2.05, 4.69) is 0 Å². The molecule has 0 amide bonds. The van der Waals surface area contributed by atoms with Crippen LogP contribution in [0, 0.1) is 0 Å². The fraction of sp³-hybridized carbons (Fsp3) is 0.667. The molecule has 0 aliphatic heterocycles. The van der Waals surface area contributed by atoms with E-state index < -0.39 is 9.22 Å². The highest BCUT2D eigenvalue weighted by molar-refractivity contribution is 6.83. The summed E-state index contributed by atoms with van der Waals surface area (Å²) in [5.41, 5.74) is 0. The van der Waals surface area contributed by atoms with Gasteiger partial charge in [0.25, 0.3) is 9.22 Å². The van der Waals surface area contributed by atoms with Crippen LogP contribution in [0.5, 0.6) is 0 Å². The lowest BCUT2D eigenvalue weighted by atomic mass is 10.9. The highest BCUT2D eigenvalue weighted by Gasteiger charge is 2.11. The van der Waals surface area contributed by atoms with Crippen LogP contribution in [0.25, 0.3) is 0 Å². The van der Waals surface area contributed by atoms with Gasteiger partial charge < -0.3 is 5.11 Å². The molecule has 0 aromatic heterocycles. The Morgan fingerprint density at radius 2 is 1.33 bits per heavy atom. The van der Waals surface area contributed by atoms with Crippen LogP contribution >= 0.6 is 46.4 Å². The molecule has 0 spiro atoms. The molecule has 56 valence electrons. The van der Waals surface area contributed by atoms with E-state index in [1.165, 1.54) is 0 Å². The van der Waals surface area contributed by atoms with Gasteiger partial charge in [-0.15, -0.1) is 0 Å². The molecule has 0 aromatic rings. The average Bonchev–Trinajstić information content (AvgIpc) is 1.19. The quantitative estimate of drug-likeness (QED) is 0.629. The second kappa shape index (κ2) is 5.42. The molecule has 0 rings (SSSR count). The maximum atomic E-state index is 9.00. The van der Waals surface area contributed by atoms with Crippen molar-refractivity contribution in [2.45, 2.75) is 10.2 Å². The van der Waals surface area contributed by atoms with Crippen LogP contribution in [0.15, 0.2) is 0 Å². The number of rotatable bonds is 0. The molecule has 2 nitrogen and oxygen atoms in total. The molecule has 9 heavy (non-hydrogen) atoms. The number of halogens is 4. The van der Waals surface area contributed by atoms with Gasteiger partial charge in [-0.2, -0.15) is 0 Å². The van der Waals surface area contributed by atoms with Gasteiger partial charge in [0.1, 0.15) is 0 Å². The Balaban J connectivity index is 0. The first-order chi connectivity index (χ1) is 3.73. The standard InChI is InChI=1S/C2H4O2.CCl4/c1-2(3)4;2-1(3,4)5/h1H3,(H,3,4);. The molecule has 0 saturated heterocycles. The van der Waals surface area contributed by atoms with Gasteiger partial charge in [0.15, 0.2) is 0 Å². The number of carboxylic acid groups (broad SMARTS) is 1. The summed E-state index contributed by atoms with van der Waals surface area (Å²) in [7, 11) is 0. The summed E-state index contributed by atoms with van der Waals surface area (Å²) in [6.07, 6.45) is 0. The highest BCUT2D eigenvalue weighted by Crippen LogP contribution is 2.29. The lowest BCUT2D eigenvalue weighted by Gasteiger charge is -1.91. The molecule has 1 N–H and O–H groups in total. The van der Waals surface area contributed by atoms with Crippen molar-refractivity contribution < 1.29 is 9.90 Å². The van der Waals surface area contributed by atoms with E-state index in [1.807, 2.05) is 0 Å². The molecule has 0 heterocycles. The summed E-state index contributed by atoms with van der Waals surface area (Å²) in [6.45, 7) is 1.08. The van der Waals surface area contributed by atoms with Gasteiger partial charge in [0, 0.05) is 6.92 Å². The molecule has 0 fully saturated rings. The van der Waals surface area contributed by atoms with Gasteiger partial charge >= 0.3 is 0 Å². The van der Waals surface area contributed by atoms with E-state index in [9.17, 15) is 0 Å². The molecular formula is C3H4Cl4O2. The number of hydrogen-bond donors (Lipinski definition) is 1. The average molecular weight is 214 g/mol. The maximum Gasteiger partial charge on any atom is 0.300 e. The zero-order chi connectivity index (χ0) is 8.08. The van der Waals surface area contributed by atoms with E-state index in [4.69, 9.17) is 56.3 Å². The van der Waals surface area contributed by atoms with Gasteiger partial charge in [-0.1, -0.05) is 46.4 Å². The van der Waals surface area contributed by atoms with E-state index in [0.717, 1.165) is 6.92 Å². The first kappa shape index (κ1) is 12.3. The zero-order valence-corrected chi connectivity index (χ0v) is 7.39. The molecule has 0 saturated carbocycles. The van der Waals surface area contributed by atoms with Crippen LogP contribution in [0.2, 0.25) is 0 Å². The van der Waals surface area contributed by atoms with Crippen molar-refractivity contribution in [3.63, 3.8) is 0 Å². The van der Waals surface area contributed by atoms with Crippen LogP contribution < -0.4 is 0 Å². The molecule has 0 bridgehead atoms. The van der Waals surface area contributed by atoms with Crippen LogP contribution in [-0.2, 0) is 4.79 Å². The topological polar surface area (TPSA) is 37.3 Å². The molecular weight excluding hydrogens is 210 g/mol. The van der Waals surface area contributed by atoms with Gasteiger partial charge in [-0.25, -0.2) is 0 Å². The minimum absolute atomic E-state index is 0.833. The number of hydrogen-bond acceptors (Lipinski definition) is 1. The number of carbonyl (C=O) groups is 1. The summed E-state index contributed by atoms with van der Waals surface area (Å²) >= 11 is 19.3. The first-order valence-corrected chi connectivity index (χ1v) is 3.20. The Bertz CT molecular complexity index is 76.3. The van der Waals surface area contributed by atoms with Crippen molar-refractivity contribution in [1.82, 2.24) is 0 Å². The minimum Gasteiger partial charge on any atom is -0.481 e. The summed E-state index contributed by atoms with van der Waals surface area (Å²) in [6, 6.07) is 0. The third kappa shape index (κ3) is 956. The zero-order valence-electron chi connectivity index (χ0n) is 4.37. The lowest BCUT2D eigenvalue weighted by molar-refractivity contribution is -0.134. The smallest absolute Gasteiger partial charge is 0.300 e. The Labute approximate surface area is 72.6 Å². The van der Waals surface area contributed by atoms with Crippen molar-refractivity contribution in [3.05, 3.63) is 0 Å². The normalized spacial score (nSPS) is 9.44. The van der Waals surface area contributed by atoms with E-state index >= 15 is 0 Å². The van der Waals surface area contributed by atoms with Crippen LogP contribution in [0.4, 0.5) is 0 Å². The predicted molar refractivity (Wildman–Crippen MR) is 39.5 cm³/mol. The van der Waals surface area contributed by atoms with Gasteiger partial charge in [-0.3, -0.25) is 4.79 Å². The third-order valence-electron chi connectivity index (χ3n) is 0. The number of aliphatic carboxylic acids is 1. The van der Waals surface area contributed by atoms with Crippen molar-refractivity contribution >= 4 is 52.4 Å². The molecule has 0 unspecified atom stereocenters. The molecule has 0 aromatic carbocycles. The molecule has 0 atom stereocenters. The van der Waals surface area contributed by atoms with Crippen molar-refractivity contribution in [3.8, 4) is 0 Å². The van der Waals surface area contributed by atoms with Gasteiger partial charge in [0.2, 0.25) is 0 Å². The lowest BCUT2D eigenvalue weighted by Crippen LogP contribution is -1.81. The van der Waals surface area contributed by atoms with Crippen LogP contribution in [0.1, 0.15) is 6.92 Å². The largest absolute Gasteiger partial charge is 0.481 e. The fourth-order valence-electron chi connectivity index (χ4n) is 0. The maximum absolute atomic E-state index is 9.00. The van der Waals surface area contributed by atoms with Crippen molar-refractivity contribution in [1.29, 1.82) is 0 Å². The minimum atomic E-state index is -1.61. The summed E-state index contributed by atoms with van der Waals surface area (Å²) in [5.74, 6) is -0.833. The van der Waals surface area contributed by atoms with E-state index in [0.29, 0.717) is 0 Å². The predicted octanol–water partition coefficient (Wildman–Crippen LogP) is 2.64. The second-order valence-electron chi connectivity index (χ2n) is 0.948. The van der Waals surface area contributed by atoms with Crippen molar-refractivity contribution in [2.24, 2.45) is 0 Å². The summed E-state index contributed by atoms with van der Waals surface area (Å²) in [5, 5.41) is 7.42.